The third-order valence-electron chi connectivity index (χ3n) is 6.69. The second kappa shape index (κ2) is 10.5. The average molecular weight is 484 g/mol. The van der Waals surface area contributed by atoms with E-state index in [1.54, 1.807) is 22.9 Å². The minimum absolute atomic E-state index is 0.0839. The van der Waals surface area contributed by atoms with Crippen LogP contribution in [0.4, 0.5) is 17.3 Å². The van der Waals surface area contributed by atoms with Crippen molar-refractivity contribution in [3.63, 3.8) is 0 Å². The first-order chi connectivity index (χ1) is 17.5. The van der Waals surface area contributed by atoms with Crippen molar-refractivity contribution in [2.75, 3.05) is 64.1 Å². The molecule has 2 aromatic heterocycles. The fourth-order valence-electron chi connectivity index (χ4n) is 4.71. The number of fused-ring (bicyclic) bond motifs is 1. The van der Waals surface area contributed by atoms with Crippen LogP contribution in [0, 0.1) is 0 Å². The van der Waals surface area contributed by atoms with E-state index >= 15 is 0 Å². The van der Waals surface area contributed by atoms with Gasteiger partial charge in [-0.2, -0.15) is 4.98 Å². The lowest BCUT2D eigenvalue weighted by Crippen LogP contribution is -2.44. The van der Waals surface area contributed by atoms with E-state index < -0.39 is 0 Å². The number of rotatable bonds is 7. The highest BCUT2D eigenvalue weighted by atomic mass is 16.1. The number of anilines is 3. The number of nitrogens with zero attached hydrogens (tertiary/aromatic N) is 6. The average Bonchev–Trinajstić information content (AvgIpc) is 2.89. The summed E-state index contributed by atoms with van der Waals surface area (Å²) < 4.78 is 1.79. The van der Waals surface area contributed by atoms with Gasteiger partial charge in [0.05, 0.1) is 6.04 Å². The second-order valence-electron chi connectivity index (χ2n) is 9.67. The largest absolute Gasteiger partial charge is 0.369 e. The molecule has 1 unspecified atom stereocenters. The van der Waals surface area contributed by atoms with Gasteiger partial charge in [0.15, 0.2) is 0 Å². The molecule has 0 aliphatic carbocycles. The van der Waals surface area contributed by atoms with E-state index in [0.717, 1.165) is 42.8 Å². The Hall–Kier alpha value is -3.75. The van der Waals surface area contributed by atoms with E-state index in [0.29, 0.717) is 18.1 Å². The zero-order chi connectivity index (χ0) is 25.1. The number of aromatic nitrogens is 3. The van der Waals surface area contributed by atoms with E-state index in [9.17, 15) is 4.79 Å². The van der Waals surface area contributed by atoms with Crippen LogP contribution in [0.2, 0.25) is 0 Å². The fourth-order valence-corrected chi connectivity index (χ4v) is 4.71. The summed E-state index contributed by atoms with van der Waals surface area (Å²) in [5, 5.41) is 4.15. The highest BCUT2D eigenvalue weighted by molar-refractivity contribution is 5.76. The number of nitrogens with one attached hydrogen (secondary N) is 1. The molecule has 4 aromatic rings. The SMILES string of the molecule is CN(C)CC(c1ccccc1)n1c(=O)ccc2cnc(Nc3ccc(N4CCN(C)CC4)cc3)nc21. The summed E-state index contributed by atoms with van der Waals surface area (Å²) >= 11 is 0. The molecule has 0 saturated carbocycles. The third-order valence-corrected chi connectivity index (χ3v) is 6.69. The summed E-state index contributed by atoms with van der Waals surface area (Å²) in [5.74, 6) is 0.464. The molecule has 1 aliphatic heterocycles. The Labute approximate surface area is 211 Å². The van der Waals surface area contributed by atoms with Gasteiger partial charge in [-0.3, -0.25) is 9.36 Å². The smallest absolute Gasteiger partial charge is 0.252 e. The molecule has 2 aromatic carbocycles. The van der Waals surface area contributed by atoms with Crippen molar-refractivity contribution < 1.29 is 0 Å². The van der Waals surface area contributed by atoms with Crippen molar-refractivity contribution in [1.29, 1.82) is 0 Å². The van der Waals surface area contributed by atoms with Crippen LogP contribution in [0.25, 0.3) is 11.0 Å². The van der Waals surface area contributed by atoms with Gasteiger partial charge in [-0.25, -0.2) is 4.98 Å². The summed E-state index contributed by atoms with van der Waals surface area (Å²) in [6, 6.07) is 21.7. The Balaban J connectivity index is 1.46. The first-order valence-corrected chi connectivity index (χ1v) is 12.4. The zero-order valence-corrected chi connectivity index (χ0v) is 21.1. The molecule has 186 valence electrons. The molecule has 5 rings (SSSR count). The quantitative estimate of drug-likeness (QED) is 0.432. The highest BCUT2D eigenvalue weighted by Crippen LogP contribution is 2.24. The highest BCUT2D eigenvalue weighted by Gasteiger charge is 2.20. The Kier molecular flexibility index (Phi) is 6.97. The van der Waals surface area contributed by atoms with Gasteiger partial charge in [0.2, 0.25) is 5.95 Å². The first-order valence-electron chi connectivity index (χ1n) is 12.4. The lowest BCUT2D eigenvalue weighted by molar-refractivity contribution is 0.313. The van der Waals surface area contributed by atoms with Crippen molar-refractivity contribution in [2.45, 2.75) is 6.04 Å². The van der Waals surface area contributed by atoms with E-state index in [4.69, 9.17) is 4.98 Å². The molecule has 0 amide bonds. The predicted octanol–water partition coefficient (Wildman–Crippen LogP) is 3.44. The van der Waals surface area contributed by atoms with Crippen molar-refractivity contribution in [3.05, 3.63) is 88.8 Å². The molecule has 3 heterocycles. The molecule has 0 radical (unpaired) electrons. The van der Waals surface area contributed by atoms with Crippen LogP contribution in [0.15, 0.2) is 77.7 Å². The van der Waals surface area contributed by atoms with E-state index in [-0.39, 0.29) is 11.6 Å². The number of hydrogen-bond acceptors (Lipinski definition) is 7. The van der Waals surface area contributed by atoms with Gasteiger partial charge < -0.3 is 20.0 Å². The molecular weight excluding hydrogens is 450 g/mol. The molecule has 1 fully saturated rings. The molecule has 8 heteroatoms. The number of hydrogen-bond donors (Lipinski definition) is 1. The normalized spacial score (nSPS) is 15.4. The molecule has 36 heavy (non-hydrogen) atoms. The summed E-state index contributed by atoms with van der Waals surface area (Å²) in [6.07, 6.45) is 1.77. The predicted molar refractivity (Wildman–Crippen MR) is 146 cm³/mol. The second-order valence-corrected chi connectivity index (χ2v) is 9.67. The maximum Gasteiger partial charge on any atom is 0.252 e. The minimum atomic E-state index is -0.178. The Morgan fingerprint density at radius 3 is 2.36 bits per heavy atom. The van der Waals surface area contributed by atoms with E-state index in [2.05, 4.69) is 68.4 Å². The molecule has 8 nitrogen and oxygen atoms in total. The van der Waals surface area contributed by atoms with Gasteiger partial charge in [0.25, 0.3) is 5.56 Å². The van der Waals surface area contributed by atoms with Gasteiger partial charge in [-0.1, -0.05) is 30.3 Å². The maximum absolute atomic E-state index is 13.2. The lowest BCUT2D eigenvalue weighted by atomic mass is 10.1. The molecule has 1 N–H and O–H groups in total. The molecule has 0 spiro atoms. The van der Waals surface area contributed by atoms with Crippen LogP contribution >= 0.6 is 0 Å². The summed E-state index contributed by atoms with van der Waals surface area (Å²) in [6.45, 7) is 4.88. The van der Waals surface area contributed by atoms with E-state index in [1.165, 1.54) is 5.69 Å². The number of benzene rings is 2. The minimum Gasteiger partial charge on any atom is -0.369 e. The van der Waals surface area contributed by atoms with Crippen molar-refractivity contribution in [1.82, 2.24) is 24.3 Å². The van der Waals surface area contributed by atoms with Gasteiger partial charge in [-0.05, 0) is 57.0 Å². The summed E-state index contributed by atoms with van der Waals surface area (Å²) in [7, 11) is 6.19. The van der Waals surface area contributed by atoms with Gasteiger partial charge in [0.1, 0.15) is 5.65 Å². The van der Waals surface area contributed by atoms with Crippen LogP contribution < -0.4 is 15.8 Å². The molecule has 1 aliphatic rings. The van der Waals surface area contributed by atoms with Crippen LogP contribution in [-0.4, -0.2) is 78.2 Å². The molecule has 1 saturated heterocycles. The Bertz CT molecular complexity index is 1360. The van der Waals surface area contributed by atoms with E-state index in [1.807, 2.05) is 32.3 Å². The zero-order valence-electron chi connectivity index (χ0n) is 21.1. The van der Waals surface area contributed by atoms with Crippen LogP contribution in [0.5, 0.6) is 0 Å². The van der Waals surface area contributed by atoms with Gasteiger partial charge in [-0.15, -0.1) is 0 Å². The molecule has 1 atom stereocenters. The molecular formula is C28H33N7O. The topological polar surface area (TPSA) is 69.5 Å². The summed E-state index contributed by atoms with van der Waals surface area (Å²) in [4.78, 5) is 29.3. The Morgan fingerprint density at radius 1 is 0.944 bits per heavy atom. The van der Waals surface area contributed by atoms with Crippen molar-refractivity contribution in [2.24, 2.45) is 0 Å². The first kappa shape index (κ1) is 24.0. The van der Waals surface area contributed by atoms with Crippen LogP contribution in [0.1, 0.15) is 11.6 Å². The summed E-state index contributed by atoms with van der Waals surface area (Å²) in [5.41, 5.74) is 3.72. The van der Waals surface area contributed by atoms with Gasteiger partial charge >= 0.3 is 0 Å². The maximum atomic E-state index is 13.2. The Morgan fingerprint density at radius 2 is 1.67 bits per heavy atom. The van der Waals surface area contributed by atoms with Gasteiger partial charge in [0, 0.05) is 61.7 Å². The van der Waals surface area contributed by atoms with Crippen LogP contribution in [-0.2, 0) is 0 Å². The number of pyridine rings is 1. The molecule has 0 bridgehead atoms. The van der Waals surface area contributed by atoms with Crippen molar-refractivity contribution in [3.8, 4) is 0 Å². The lowest BCUT2D eigenvalue weighted by Gasteiger charge is -2.34. The monoisotopic (exact) mass is 483 g/mol. The standard InChI is InChI=1S/C28H33N7O/c1-32(2)20-25(21-7-5-4-6-8-21)35-26(36)14-9-22-19-29-28(31-27(22)35)30-23-10-12-24(13-11-23)34-17-15-33(3)16-18-34/h4-14,19,25H,15-18,20H2,1-3H3,(H,29,30,31). The fraction of sp³-hybridized carbons (Fsp3) is 0.321. The number of likely N-dealkylation sites (N-methyl/N-ethyl adjacent to an activating group) is 2. The third kappa shape index (κ3) is 5.24. The van der Waals surface area contributed by atoms with Crippen molar-refractivity contribution >= 4 is 28.4 Å². The van der Waals surface area contributed by atoms with Crippen LogP contribution in [0.3, 0.4) is 0 Å². The number of piperazine rings is 1.